The first-order valence-corrected chi connectivity index (χ1v) is 11.0. The van der Waals surface area contributed by atoms with Gasteiger partial charge in [-0.05, 0) is 74.8 Å². The molecule has 0 spiro atoms. The Bertz CT molecular complexity index is 773. The summed E-state index contributed by atoms with van der Waals surface area (Å²) in [6.45, 7) is 22.4. The molecule has 1 fully saturated rings. The molecule has 158 valence electrons. The molecule has 0 saturated carbocycles. The zero-order chi connectivity index (χ0) is 21.4. The molecule has 0 bridgehead atoms. The molecular formula is C26H39N3. The van der Waals surface area contributed by atoms with Crippen molar-refractivity contribution < 1.29 is 0 Å². The molecule has 0 amide bonds. The molecule has 0 atom stereocenters. The maximum Gasteiger partial charge on any atom is 0.118 e. The number of aliphatic imine (C=N–C) groups is 1. The van der Waals surface area contributed by atoms with Crippen LogP contribution in [0.15, 0.2) is 47.7 Å². The van der Waals surface area contributed by atoms with Crippen LogP contribution in [0, 0.1) is 5.92 Å². The van der Waals surface area contributed by atoms with E-state index >= 15 is 0 Å². The van der Waals surface area contributed by atoms with Crippen LogP contribution >= 0.6 is 0 Å². The Balaban J connectivity index is 2.28. The summed E-state index contributed by atoms with van der Waals surface area (Å²) in [6, 6.07) is 6.79. The first-order valence-electron chi connectivity index (χ1n) is 11.0. The van der Waals surface area contributed by atoms with E-state index in [0.29, 0.717) is 5.82 Å². The molecule has 2 rings (SSSR count). The molecule has 0 aromatic heterocycles. The van der Waals surface area contributed by atoms with Gasteiger partial charge < -0.3 is 10.2 Å². The van der Waals surface area contributed by atoms with E-state index in [2.05, 4.69) is 81.2 Å². The zero-order valence-electron chi connectivity index (χ0n) is 19.1. The number of anilines is 1. The van der Waals surface area contributed by atoms with Crippen LogP contribution in [0.4, 0.5) is 5.69 Å². The molecule has 1 aliphatic rings. The first kappa shape index (κ1) is 23.0. The van der Waals surface area contributed by atoms with E-state index in [1.165, 1.54) is 35.2 Å². The van der Waals surface area contributed by atoms with E-state index in [1.807, 2.05) is 6.21 Å². The van der Waals surface area contributed by atoms with Crippen molar-refractivity contribution >= 4 is 23.0 Å². The predicted molar refractivity (Wildman–Crippen MR) is 131 cm³/mol. The van der Waals surface area contributed by atoms with Crippen molar-refractivity contribution in [3.63, 3.8) is 0 Å². The van der Waals surface area contributed by atoms with Gasteiger partial charge in [0.25, 0.3) is 0 Å². The Morgan fingerprint density at radius 2 is 1.86 bits per heavy atom. The number of allylic oxidation sites excluding steroid dienone is 3. The van der Waals surface area contributed by atoms with E-state index in [0.717, 1.165) is 49.5 Å². The fourth-order valence-electron chi connectivity index (χ4n) is 3.65. The largest absolute Gasteiger partial charge is 0.371 e. The fraction of sp³-hybridized carbons (Fsp3) is 0.500. The molecule has 1 aromatic rings. The second-order valence-electron chi connectivity index (χ2n) is 8.58. The molecule has 0 aliphatic carbocycles. The molecule has 0 radical (unpaired) electrons. The second kappa shape index (κ2) is 11.0. The highest BCUT2D eigenvalue weighted by Gasteiger charge is 2.18. The maximum atomic E-state index is 4.59. The third-order valence-electron chi connectivity index (χ3n) is 5.65. The topological polar surface area (TPSA) is 27.6 Å². The van der Waals surface area contributed by atoms with E-state index in [-0.39, 0.29) is 0 Å². The fourth-order valence-corrected chi connectivity index (χ4v) is 3.65. The summed E-state index contributed by atoms with van der Waals surface area (Å²) in [5.41, 5.74) is 7.15. The number of nitrogens with one attached hydrogen (secondary N) is 1. The minimum atomic E-state index is 0.716. The Hall–Kier alpha value is -2.29. The van der Waals surface area contributed by atoms with Crippen LogP contribution in [0.5, 0.6) is 0 Å². The molecule has 3 nitrogen and oxygen atoms in total. The molecule has 3 heteroatoms. The average molecular weight is 394 g/mol. The van der Waals surface area contributed by atoms with Crippen LogP contribution in [-0.2, 0) is 0 Å². The standard InChI is InChI=1S/C26H39N3/c1-8-9-14-27-22(7)28-18-26(20(4)5)24-11-10-23(17-25(24)19(2)3)29-15-12-21(6)13-16-29/h10-11,17-18,21,27H,2,7-9,12-16H2,1,3-6H3/b28-18-. The lowest BCUT2D eigenvalue weighted by molar-refractivity contribution is 0.438. The molecule has 1 aromatic carbocycles. The van der Waals surface area contributed by atoms with Crippen LogP contribution < -0.4 is 10.2 Å². The number of unbranched alkanes of at least 4 members (excludes halogenated alkanes) is 1. The second-order valence-corrected chi connectivity index (χ2v) is 8.58. The summed E-state index contributed by atoms with van der Waals surface area (Å²) in [7, 11) is 0. The normalized spacial score (nSPS) is 14.9. The summed E-state index contributed by atoms with van der Waals surface area (Å²) < 4.78 is 0. The molecule has 0 unspecified atom stereocenters. The van der Waals surface area contributed by atoms with Gasteiger partial charge >= 0.3 is 0 Å². The van der Waals surface area contributed by atoms with Gasteiger partial charge in [-0.3, -0.25) is 0 Å². The summed E-state index contributed by atoms with van der Waals surface area (Å²) in [4.78, 5) is 7.09. The van der Waals surface area contributed by atoms with E-state index < -0.39 is 0 Å². The monoisotopic (exact) mass is 393 g/mol. The lowest BCUT2D eigenvalue weighted by Crippen LogP contribution is -2.32. The number of nitrogens with zero attached hydrogens (tertiary/aromatic N) is 2. The Morgan fingerprint density at radius 3 is 2.45 bits per heavy atom. The van der Waals surface area contributed by atoms with E-state index in [1.54, 1.807) is 0 Å². The SMILES string of the molecule is C=C(/N=C\C(=C(C)C)c1ccc(N2CCC(C)CC2)cc1C(=C)C)NCCCC. The lowest BCUT2D eigenvalue weighted by atomic mass is 9.92. The Morgan fingerprint density at radius 1 is 1.17 bits per heavy atom. The van der Waals surface area contributed by atoms with Gasteiger partial charge in [-0.2, -0.15) is 0 Å². The van der Waals surface area contributed by atoms with Gasteiger partial charge in [-0.1, -0.05) is 50.6 Å². The van der Waals surface area contributed by atoms with Gasteiger partial charge in [0.05, 0.1) is 0 Å². The van der Waals surface area contributed by atoms with Crippen molar-refractivity contribution in [1.29, 1.82) is 0 Å². The third kappa shape index (κ3) is 6.62. The predicted octanol–water partition coefficient (Wildman–Crippen LogP) is 6.68. The van der Waals surface area contributed by atoms with Crippen molar-refractivity contribution in [2.45, 2.75) is 60.3 Å². The van der Waals surface area contributed by atoms with Crippen LogP contribution in [-0.4, -0.2) is 25.8 Å². The van der Waals surface area contributed by atoms with Crippen LogP contribution in [0.3, 0.4) is 0 Å². The van der Waals surface area contributed by atoms with Gasteiger partial charge in [0, 0.05) is 31.5 Å². The van der Waals surface area contributed by atoms with E-state index in [9.17, 15) is 0 Å². The molecule has 1 saturated heterocycles. The smallest absolute Gasteiger partial charge is 0.118 e. The van der Waals surface area contributed by atoms with Gasteiger partial charge in [0.1, 0.15) is 5.82 Å². The number of piperidine rings is 1. The van der Waals surface area contributed by atoms with Crippen LogP contribution in [0.25, 0.3) is 11.1 Å². The highest BCUT2D eigenvalue weighted by atomic mass is 15.1. The molecule has 1 heterocycles. The maximum absolute atomic E-state index is 4.59. The van der Waals surface area contributed by atoms with Crippen molar-refractivity contribution in [1.82, 2.24) is 5.32 Å². The highest BCUT2D eigenvalue weighted by Crippen LogP contribution is 2.31. The molecule has 1 N–H and O–H groups in total. The highest BCUT2D eigenvalue weighted by molar-refractivity contribution is 6.12. The third-order valence-corrected chi connectivity index (χ3v) is 5.65. The quantitative estimate of drug-likeness (QED) is 0.374. The molecular weight excluding hydrogens is 354 g/mol. The minimum absolute atomic E-state index is 0.716. The summed E-state index contributed by atoms with van der Waals surface area (Å²) in [5, 5.41) is 3.28. The number of hydrogen-bond acceptors (Lipinski definition) is 3. The first-order chi connectivity index (χ1) is 13.8. The summed E-state index contributed by atoms with van der Waals surface area (Å²) >= 11 is 0. The van der Waals surface area contributed by atoms with Gasteiger partial charge in [-0.15, -0.1) is 0 Å². The minimum Gasteiger partial charge on any atom is -0.371 e. The van der Waals surface area contributed by atoms with Crippen molar-refractivity contribution in [2.24, 2.45) is 10.9 Å². The summed E-state index contributed by atoms with van der Waals surface area (Å²) in [6.07, 6.45) is 6.76. The average Bonchev–Trinajstić information content (AvgIpc) is 2.68. The van der Waals surface area contributed by atoms with Gasteiger partial charge in [0.15, 0.2) is 0 Å². The Labute approximate surface area is 178 Å². The number of benzene rings is 1. The number of rotatable bonds is 9. The van der Waals surface area contributed by atoms with Crippen molar-refractivity contribution in [2.75, 3.05) is 24.5 Å². The van der Waals surface area contributed by atoms with Crippen molar-refractivity contribution in [3.8, 4) is 0 Å². The van der Waals surface area contributed by atoms with Crippen LogP contribution in [0.2, 0.25) is 0 Å². The zero-order valence-corrected chi connectivity index (χ0v) is 19.1. The van der Waals surface area contributed by atoms with Crippen molar-refractivity contribution in [3.05, 3.63) is 53.9 Å². The van der Waals surface area contributed by atoms with Gasteiger partial charge in [0.2, 0.25) is 0 Å². The lowest BCUT2D eigenvalue weighted by Gasteiger charge is -2.32. The van der Waals surface area contributed by atoms with E-state index in [4.69, 9.17) is 0 Å². The summed E-state index contributed by atoms with van der Waals surface area (Å²) in [5.74, 6) is 1.55. The number of hydrogen-bond donors (Lipinski definition) is 1. The van der Waals surface area contributed by atoms with Gasteiger partial charge in [-0.25, -0.2) is 4.99 Å². The molecule has 1 aliphatic heterocycles. The molecule has 29 heavy (non-hydrogen) atoms. The van der Waals surface area contributed by atoms with Crippen LogP contribution in [0.1, 0.15) is 71.4 Å². The Kier molecular flexibility index (Phi) is 8.75.